The van der Waals surface area contributed by atoms with Crippen LogP contribution in [0.5, 0.6) is 0 Å². The summed E-state index contributed by atoms with van der Waals surface area (Å²) in [4.78, 5) is 24.7. The monoisotopic (exact) mass is 274 g/mol. The predicted molar refractivity (Wildman–Crippen MR) is 74.3 cm³/mol. The molecule has 0 spiro atoms. The van der Waals surface area contributed by atoms with Crippen LogP contribution in [0.25, 0.3) is 0 Å². The molecular weight excluding hydrogens is 256 g/mol. The summed E-state index contributed by atoms with van der Waals surface area (Å²) in [6.07, 6.45) is 2.27. The quantitative estimate of drug-likeness (QED) is 0.849. The van der Waals surface area contributed by atoms with Gasteiger partial charge in [-0.1, -0.05) is 12.1 Å². The molecule has 1 aromatic carbocycles. The molecule has 3 rings (SSSR count). The zero-order chi connectivity index (χ0) is 14.1. The number of anilines is 1. The zero-order valence-electron chi connectivity index (χ0n) is 11.3. The van der Waals surface area contributed by atoms with Crippen molar-refractivity contribution in [2.75, 3.05) is 18.4 Å². The van der Waals surface area contributed by atoms with Crippen LogP contribution in [0.4, 0.5) is 5.69 Å². The van der Waals surface area contributed by atoms with Crippen molar-refractivity contribution in [3.05, 3.63) is 29.3 Å². The van der Waals surface area contributed by atoms with Crippen molar-refractivity contribution in [3.63, 3.8) is 0 Å². The van der Waals surface area contributed by atoms with Crippen molar-refractivity contribution in [2.24, 2.45) is 0 Å². The van der Waals surface area contributed by atoms with Crippen LogP contribution >= 0.6 is 0 Å². The molecule has 1 saturated heterocycles. The highest BCUT2D eigenvalue weighted by atomic mass is 16.3. The van der Waals surface area contributed by atoms with Gasteiger partial charge < -0.3 is 15.3 Å². The maximum absolute atomic E-state index is 11.8. The van der Waals surface area contributed by atoms with Gasteiger partial charge in [0.15, 0.2) is 0 Å². The minimum Gasteiger partial charge on any atom is -0.389 e. The van der Waals surface area contributed by atoms with E-state index in [2.05, 4.69) is 5.32 Å². The number of rotatable bonds is 4. The zero-order valence-corrected chi connectivity index (χ0v) is 11.3. The molecule has 2 aliphatic heterocycles. The summed E-state index contributed by atoms with van der Waals surface area (Å²) in [7, 11) is 0. The van der Waals surface area contributed by atoms with Gasteiger partial charge >= 0.3 is 0 Å². The van der Waals surface area contributed by atoms with E-state index >= 15 is 0 Å². The van der Waals surface area contributed by atoms with Gasteiger partial charge in [-0.2, -0.15) is 0 Å². The average Bonchev–Trinajstić information content (AvgIpc) is 2.74. The van der Waals surface area contributed by atoms with Gasteiger partial charge in [0.05, 0.1) is 12.5 Å². The molecule has 2 N–H and O–H groups in total. The SMILES string of the molecule is O=C1Cc2cc(CCCC(=O)N3CC(O)C3)ccc2N1. The molecule has 1 fully saturated rings. The number of β-amino-alcohol motifs (C(OH)–C–C–N with tert-alkyl or cyclic N) is 1. The van der Waals surface area contributed by atoms with Gasteiger partial charge in [-0.3, -0.25) is 9.59 Å². The second-order valence-electron chi connectivity index (χ2n) is 5.52. The Morgan fingerprint density at radius 2 is 2.20 bits per heavy atom. The van der Waals surface area contributed by atoms with E-state index in [0.717, 1.165) is 29.7 Å². The topological polar surface area (TPSA) is 69.6 Å². The third-order valence-corrected chi connectivity index (χ3v) is 3.87. The highest BCUT2D eigenvalue weighted by Gasteiger charge is 2.28. The van der Waals surface area contributed by atoms with Crippen LogP contribution in [0.15, 0.2) is 18.2 Å². The molecule has 5 nitrogen and oxygen atoms in total. The minimum atomic E-state index is -0.333. The molecule has 2 aliphatic rings. The van der Waals surface area contributed by atoms with E-state index in [1.807, 2.05) is 18.2 Å². The van der Waals surface area contributed by atoms with Crippen LogP contribution in [0.1, 0.15) is 24.0 Å². The number of nitrogens with one attached hydrogen (secondary N) is 1. The third kappa shape index (κ3) is 2.67. The number of carbonyl (C=O) groups excluding carboxylic acids is 2. The summed E-state index contributed by atoms with van der Waals surface area (Å²) in [5.41, 5.74) is 3.12. The maximum atomic E-state index is 11.8. The Hall–Kier alpha value is -1.88. The Labute approximate surface area is 117 Å². The fourth-order valence-electron chi connectivity index (χ4n) is 2.70. The lowest BCUT2D eigenvalue weighted by Gasteiger charge is -2.35. The summed E-state index contributed by atoms with van der Waals surface area (Å²) >= 11 is 0. The molecular formula is C15H18N2O3. The van der Waals surface area contributed by atoms with Gasteiger partial charge in [0.2, 0.25) is 11.8 Å². The van der Waals surface area contributed by atoms with Gasteiger partial charge in [0.25, 0.3) is 0 Å². The molecule has 0 radical (unpaired) electrons. The Morgan fingerprint density at radius 3 is 2.95 bits per heavy atom. The van der Waals surface area contributed by atoms with Gasteiger partial charge in [-0.25, -0.2) is 0 Å². The van der Waals surface area contributed by atoms with Crippen LogP contribution in [0.3, 0.4) is 0 Å². The van der Waals surface area contributed by atoms with Crippen molar-refractivity contribution in [1.29, 1.82) is 0 Å². The van der Waals surface area contributed by atoms with E-state index in [-0.39, 0.29) is 17.9 Å². The second-order valence-corrected chi connectivity index (χ2v) is 5.52. The normalized spacial score (nSPS) is 17.6. The maximum Gasteiger partial charge on any atom is 0.228 e. The first kappa shape index (κ1) is 13.1. The molecule has 0 aromatic heterocycles. The van der Waals surface area contributed by atoms with Gasteiger partial charge in [-0.05, 0) is 30.0 Å². The lowest BCUT2D eigenvalue weighted by Crippen LogP contribution is -2.53. The Kier molecular flexibility index (Phi) is 3.44. The Balaban J connectivity index is 1.48. The molecule has 0 saturated carbocycles. The highest BCUT2D eigenvalue weighted by molar-refractivity contribution is 5.99. The molecule has 0 bridgehead atoms. The molecule has 0 aliphatic carbocycles. The van der Waals surface area contributed by atoms with Crippen molar-refractivity contribution in [1.82, 2.24) is 4.90 Å². The van der Waals surface area contributed by atoms with Gasteiger partial charge in [-0.15, -0.1) is 0 Å². The summed E-state index contributed by atoms with van der Waals surface area (Å²) in [5.74, 6) is 0.164. The number of aliphatic hydroxyl groups is 1. The van der Waals surface area contributed by atoms with Crippen molar-refractivity contribution in [2.45, 2.75) is 31.8 Å². The fraction of sp³-hybridized carbons (Fsp3) is 0.467. The van der Waals surface area contributed by atoms with Gasteiger partial charge in [0.1, 0.15) is 0 Å². The molecule has 1 aromatic rings. The van der Waals surface area contributed by atoms with Crippen LogP contribution in [-0.4, -0.2) is 41.0 Å². The molecule has 5 heteroatoms. The summed E-state index contributed by atoms with van der Waals surface area (Å²) in [5, 5.41) is 12.0. The van der Waals surface area contributed by atoms with Crippen molar-refractivity contribution < 1.29 is 14.7 Å². The van der Waals surface area contributed by atoms with Crippen LogP contribution in [0.2, 0.25) is 0 Å². The number of amides is 2. The van der Waals surface area contributed by atoms with Crippen LogP contribution in [0, 0.1) is 0 Å². The highest BCUT2D eigenvalue weighted by Crippen LogP contribution is 2.24. The second kappa shape index (κ2) is 5.25. The van der Waals surface area contributed by atoms with Crippen LogP contribution in [-0.2, 0) is 22.4 Å². The predicted octanol–water partition coefficient (Wildman–Crippen LogP) is 0.707. The van der Waals surface area contributed by atoms with Crippen LogP contribution < -0.4 is 5.32 Å². The number of aryl methyl sites for hydroxylation is 1. The van der Waals surface area contributed by atoms with E-state index in [9.17, 15) is 9.59 Å². The van der Waals surface area contributed by atoms with E-state index in [0.29, 0.717) is 25.9 Å². The summed E-state index contributed by atoms with van der Waals surface area (Å²) < 4.78 is 0. The fourth-order valence-corrected chi connectivity index (χ4v) is 2.70. The van der Waals surface area contributed by atoms with E-state index in [1.54, 1.807) is 4.90 Å². The summed E-state index contributed by atoms with van der Waals surface area (Å²) in [6, 6.07) is 5.98. The molecule has 2 amide bonds. The number of fused-ring (bicyclic) bond motifs is 1. The van der Waals surface area contributed by atoms with E-state index in [4.69, 9.17) is 5.11 Å². The number of likely N-dealkylation sites (tertiary alicyclic amines) is 1. The lowest BCUT2D eigenvalue weighted by atomic mass is 10.0. The number of nitrogens with zero attached hydrogens (tertiary/aromatic N) is 1. The first-order valence-corrected chi connectivity index (χ1v) is 6.99. The van der Waals surface area contributed by atoms with E-state index in [1.165, 1.54) is 0 Å². The molecule has 106 valence electrons. The number of benzene rings is 1. The largest absolute Gasteiger partial charge is 0.389 e. The van der Waals surface area contributed by atoms with Crippen molar-refractivity contribution in [3.8, 4) is 0 Å². The standard InChI is InChI=1S/C15H18N2O3/c18-12-8-17(9-12)15(20)3-1-2-10-4-5-13-11(6-10)7-14(19)16-13/h4-6,12,18H,1-3,7-9H2,(H,16,19). The smallest absolute Gasteiger partial charge is 0.228 e. The third-order valence-electron chi connectivity index (χ3n) is 3.87. The van der Waals surface area contributed by atoms with Gasteiger partial charge in [0, 0.05) is 25.2 Å². The minimum absolute atomic E-state index is 0.0451. The van der Waals surface area contributed by atoms with E-state index < -0.39 is 0 Å². The molecule has 0 atom stereocenters. The number of hydrogen-bond acceptors (Lipinski definition) is 3. The first-order valence-electron chi connectivity index (χ1n) is 6.99. The Bertz CT molecular complexity index is 550. The molecule has 0 unspecified atom stereocenters. The number of carbonyl (C=O) groups is 2. The van der Waals surface area contributed by atoms with Crippen molar-refractivity contribution >= 4 is 17.5 Å². The molecule has 20 heavy (non-hydrogen) atoms. The average molecular weight is 274 g/mol. The number of hydrogen-bond donors (Lipinski definition) is 2. The lowest BCUT2D eigenvalue weighted by molar-refractivity contribution is -0.141. The Morgan fingerprint density at radius 1 is 1.40 bits per heavy atom. The first-order chi connectivity index (χ1) is 9.61. The summed E-state index contributed by atoms with van der Waals surface area (Å²) in [6.45, 7) is 0.955. The molecule has 2 heterocycles. The number of aliphatic hydroxyl groups excluding tert-OH is 1.